The summed E-state index contributed by atoms with van der Waals surface area (Å²) >= 11 is 0. The highest BCUT2D eigenvalue weighted by Gasteiger charge is 2.20. The molecule has 0 saturated heterocycles. The van der Waals surface area contributed by atoms with Crippen LogP contribution in [0.25, 0.3) is 76.9 Å². The molecule has 9 aromatic rings. The van der Waals surface area contributed by atoms with Gasteiger partial charge < -0.3 is 9.13 Å². The van der Waals surface area contributed by atoms with Crippen molar-refractivity contribution in [1.29, 1.82) is 0 Å². The lowest BCUT2D eigenvalue weighted by Gasteiger charge is -2.11. The Bertz CT molecular complexity index is 2430. The minimum Gasteiger partial charge on any atom is -0.309 e. The number of aromatic nitrogens is 2. The van der Waals surface area contributed by atoms with E-state index >= 15 is 0 Å². The van der Waals surface area contributed by atoms with Crippen molar-refractivity contribution in [2.75, 3.05) is 0 Å². The monoisotopic (exact) mass is 534 g/mol. The van der Waals surface area contributed by atoms with Gasteiger partial charge in [-0.05, 0) is 59.0 Å². The normalized spacial score (nSPS) is 11.8. The Morgan fingerprint density at radius 2 is 0.881 bits per heavy atom. The highest BCUT2D eigenvalue weighted by molar-refractivity contribution is 6.23. The first-order chi connectivity index (χ1) is 20.8. The Hall–Kier alpha value is -5.60. The molecule has 2 heterocycles. The molecule has 0 amide bonds. The third-order valence-electron chi connectivity index (χ3n) is 8.67. The topological polar surface area (TPSA) is 9.86 Å². The third-order valence-corrected chi connectivity index (χ3v) is 8.67. The summed E-state index contributed by atoms with van der Waals surface area (Å²) in [6.07, 6.45) is 0. The molecule has 2 nitrogen and oxygen atoms in total. The zero-order chi connectivity index (χ0) is 27.6. The van der Waals surface area contributed by atoms with E-state index in [1.165, 1.54) is 71.2 Å². The van der Waals surface area contributed by atoms with E-state index < -0.39 is 0 Å². The van der Waals surface area contributed by atoms with Gasteiger partial charge in [0.1, 0.15) is 0 Å². The maximum atomic E-state index is 2.45. The largest absolute Gasteiger partial charge is 0.309 e. The summed E-state index contributed by atoms with van der Waals surface area (Å²) in [4.78, 5) is 0. The predicted molar refractivity (Wildman–Crippen MR) is 178 cm³/mol. The molecule has 0 N–H and O–H groups in total. The second-order valence-corrected chi connectivity index (χ2v) is 11.0. The highest BCUT2D eigenvalue weighted by Crippen LogP contribution is 2.42. The molecule has 2 heteroatoms. The average molecular weight is 535 g/mol. The van der Waals surface area contributed by atoms with Crippen LogP contribution >= 0.6 is 0 Å². The summed E-state index contributed by atoms with van der Waals surface area (Å²) in [7, 11) is 0. The lowest BCUT2D eigenvalue weighted by Crippen LogP contribution is -1.96. The van der Waals surface area contributed by atoms with Gasteiger partial charge >= 0.3 is 0 Å². The average Bonchev–Trinajstić information content (AvgIpc) is 3.56. The highest BCUT2D eigenvalue weighted by atomic mass is 15.0. The van der Waals surface area contributed by atoms with Crippen LogP contribution in [0.3, 0.4) is 0 Å². The molecule has 42 heavy (non-hydrogen) atoms. The Morgan fingerprint density at radius 1 is 0.310 bits per heavy atom. The fourth-order valence-electron chi connectivity index (χ4n) is 6.80. The van der Waals surface area contributed by atoms with E-state index in [0.717, 1.165) is 5.69 Å². The molecule has 0 saturated carbocycles. The first-order valence-electron chi connectivity index (χ1n) is 14.5. The van der Waals surface area contributed by atoms with Crippen LogP contribution in [0.2, 0.25) is 0 Å². The molecular formula is C40H26N2. The van der Waals surface area contributed by atoms with Gasteiger partial charge in [-0.3, -0.25) is 0 Å². The quantitative estimate of drug-likeness (QED) is 0.213. The van der Waals surface area contributed by atoms with Gasteiger partial charge in [0, 0.05) is 38.3 Å². The van der Waals surface area contributed by atoms with Crippen LogP contribution in [0, 0.1) is 0 Å². The van der Waals surface area contributed by atoms with E-state index in [2.05, 4.69) is 167 Å². The molecule has 0 aliphatic rings. The number of rotatable bonds is 3. The minimum atomic E-state index is 1.16. The zero-order valence-electron chi connectivity index (χ0n) is 22.9. The Balaban J connectivity index is 1.47. The van der Waals surface area contributed by atoms with E-state index in [1.54, 1.807) is 0 Å². The van der Waals surface area contributed by atoms with Crippen molar-refractivity contribution in [3.05, 3.63) is 158 Å². The van der Waals surface area contributed by atoms with Gasteiger partial charge in [-0.1, -0.05) is 115 Å². The zero-order valence-corrected chi connectivity index (χ0v) is 22.9. The number of hydrogen-bond donors (Lipinski definition) is 0. The third kappa shape index (κ3) is 3.33. The van der Waals surface area contributed by atoms with Crippen LogP contribution in [0.1, 0.15) is 0 Å². The second-order valence-electron chi connectivity index (χ2n) is 11.0. The Labute approximate surface area is 243 Å². The molecule has 0 aliphatic carbocycles. The SMILES string of the molecule is c1ccc(-c2ccc3c4cc5c6ccc7ccccc7c6n(-c6ccccc6)c5cc4n(-c4ccccc4)c3c2)cc1. The van der Waals surface area contributed by atoms with Gasteiger partial charge in [0.15, 0.2) is 0 Å². The van der Waals surface area contributed by atoms with Gasteiger partial charge in [0.2, 0.25) is 0 Å². The number of fused-ring (bicyclic) bond motifs is 8. The summed E-state index contributed by atoms with van der Waals surface area (Å²) < 4.78 is 4.89. The summed E-state index contributed by atoms with van der Waals surface area (Å²) in [6, 6.07) is 57.2. The Kier molecular flexibility index (Phi) is 4.93. The molecule has 0 fully saturated rings. The van der Waals surface area contributed by atoms with Crippen LogP contribution in [0.15, 0.2) is 158 Å². The summed E-state index contributed by atoms with van der Waals surface area (Å²) in [5.41, 5.74) is 9.66. The molecule has 0 radical (unpaired) electrons. The summed E-state index contributed by atoms with van der Waals surface area (Å²) in [5.74, 6) is 0. The van der Waals surface area contributed by atoms with Gasteiger partial charge in [0.25, 0.3) is 0 Å². The Morgan fingerprint density at radius 3 is 1.64 bits per heavy atom. The van der Waals surface area contributed by atoms with Crippen LogP contribution in [-0.2, 0) is 0 Å². The smallest absolute Gasteiger partial charge is 0.0619 e. The molecule has 9 rings (SSSR count). The van der Waals surface area contributed by atoms with E-state index in [4.69, 9.17) is 0 Å². The summed E-state index contributed by atoms with van der Waals surface area (Å²) in [5, 5.41) is 7.59. The fourth-order valence-corrected chi connectivity index (χ4v) is 6.80. The van der Waals surface area contributed by atoms with Gasteiger partial charge in [0.05, 0.1) is 22.1 Å². The first-order valence-corrected chi connectivity index (χ1v) is 14.5. The van der Waals surface area contributed by atoms with Crippen molar-refractivity contribution in [3.63, 3.8) is 0 Å². The molecule has 0 aliphatic heterocycles. The van der Waals surface area contributed by atoms with Crippen LogP contribution in [0.4, 0.5) is 0 Å². The van der Waals surface area contributed by atoms with Crippen molar-refractivity contribution in [2.24, 2.45) is 0 Å². The number of para-hydroxylation sites is 2. The van der Waals surface area contributed by atoms with Crippen LogP contribution in [-0.4, -0.2) is 9.13 Å². The maximum absolute atomic E-state index is 2.45. The second kappa shape index (κ2) is 8.95. The lowest BCUT2D eigenvalue weighted by molar-refractivity contribution is 1.17. The molecule has 196 valence electrons. The van der Waals surface area contributed by atoms with Gasteiger partial charge in [-0.2, -0.15) is 0 Å². The van der Waals surface area contributed by atoms with Crippen molar-refractivity contribution in [1.82, 2.24) is 9.13 Å². The van der Waals surface area contributed by atoms with E-state index in [1.807, 2.05) is 0 Å². The minimum absolute atomic E-state index is 1.16. The van der Waals surface area contributed by atoms with Crippen molar-refractivity contribution >= 4 is 54.4 Å². The predicted octanol–water partition coefficient (Wildman–Crippen LogP) is 10.7. The molecule has 0 spiro atoms. The van der Waals surface area contributed by atoms with E-state index in [9.17, 15) is 0 Å². The number of benzene rings is 7. The van der Waals surface area contributed by atoms with Crippen LogP contribution in [0.5, 0.6) is 0 Å². The van der Waals surface area contributed by atoms with E-state index in [0.29, 0.717) is 0 Å². The molecule has 2 aromatic heterocycles. The van der Waals surface area contributed by atoms with E-state index in [-0.39, 0.29) is 0 Å². The molecule has 0 bridgehead atoms. The van der Waals surface area contributed by atoms with Gasteiger partial charge in [-0.25, -0.2) is 0 Å². The molecular weight excluding hydrogens is 508 g/mol. The van der Waals surface area contributed by atoms with Crippen molar-refractivity contribution < 1.29 is 0 Å². The van der Waals surface area contributed by atoms with Crippen molar-refractivity contribution in [2.45, 2.75) is 0 Å². The number of hydrogen-bond acceptors (Lipinski definition) is 0. The van der Waals surface area contributed by atoms with Crippen molar-refractivity contribution in [3.8, 4) is 22.5 Å². The fraction of sp³-hybridized carbons (Fsp3) is 0. The first kappa shape index (κ1) is 23.1. The molecule has 0 atom stereocenters. The lowest BCUT2D eigenvalue weighted by atomic mass is 10.0. The number of nitrogens with zero attached hydrogens (tertiary/aromatic N) is 2. The maximum Gasteiger partial charge on any atom is 0.0619 e. The van der Waals surface area contributed by atoms with Gasteiger partial charge in [-0.15, -0.1) is 0 Å². The summed E-state index contributed by atoms with van der Waals surface area (Å²) in [6.45, 7) is 0. The molecule has 7 aromatic carbocycles. The molecule has 0 unspecified atom stereocenters. The van der Waals surface area contributed by atoms with Crippen LogP contribution < -0.4 is 0 Å². The standard InChI is InChI=1S/C40H26N2/c1-4-12-27(13-5-1)29-21-22-33-35-25-36-34-23-20-28-14-10-11-19-32(28)40(34)42(31-17-8-3-9-18-31)39(36)26-38(35)41(37(33)24-29)30-15-6-2-7-16-30/h1-26H.